The summed E-state index contributed by atoms with van der Waals surface area (Å²) in [5, 5.41) is 1.56. The van der Waals surface area contributed by atoms with E-state index in [0.717, 1.165) is 19.8 Å². The maximum Gasteiger partial charge on any atom is 0.408 e. The number of carbonyl (C=O) groups excluding carboxylic acids is 3. The predicted molar refractivity (Wildman–Crippen MR) is 75.9 cm³/mol. The normalized spacial score (nSPS) is 13.0. The maximum atomic E-state index is 12.2. The lowest BCUT2D eigenvalue weighted by Crippen LogP contribution is -2.53. The lowest BCUT2D eigenvalue weighted by atomic mass is 9.86. The van der Waals surface area contributed by atoms with Crippen molar-refractivity contribution in [2.24, 2.45) is 0 Å². The van der Waals surface area contributed by atoms with Gasteiger partial charge in [-0.25, -0.2) is 9.59 Å². The number of hydrogen-bond donors (Lipinski definition) is 1. The lowest BCUT2D eigenvalue weighted by Gasteiger charge is -2.30. The Morgan fingerprint density at radius 3 is 2.14 bits per heavy atom. The van der Waals surface area contributed by atoms with Gasteiger partial charge in [-0.1, -0.05) is 29.8 Å². The summed E-state index contributed by atoms with van der Waals surface area (Å²) in [6.45, 7) is 1.87. The quantitative estimate of drug-likeness (QED) is 0.663. The first-order valence-electron chi connectivity index (χ1n) is 6.05. The van der Waals surface area contributed by atoms with Gasteiger partial charge in [0.1, 0.15) is 0 Å². The molecule has 1 atom stereocenters. The zero-order valence-corrected chi connectivity index (χ0v) is 12.7. The van der Waals surface area contributed by atoms with Gasteiger partial charge in [-0.15, -0.1) is 0 Å². The monoisotopic (exact) mass is 313 g/mol. The van der Waals surface area contributed by atoms with Crippen LogP contribution in [0.1, 0.15) is 17.5 Å². The van der Waals surface area contributed by atoms with E-state index in [0.29, 0.717) is 5.56 Å². The summed E-state index contributed by atoms with van der Waals surface area (Å²) in [7, 11) is 2.30. The molecule has 6 nitrogen and oxygen atoms in total. The smallest absolute Gasteiger partial charge is 0.408 e. The Morgan fingerprint density at radius 1 is 1.14 bits per heavy atom. The molecule has 0 unspecified atom stereocenters. The number of hydrogen-bond acceptors (Lipinski definition) is 5. The van der Waals surface area contributed by atoms with Crippen LogP contribution in [-0.2, 0) is 24.6 Å². The van der Waals surface area contributed by atoms with E-state index >= 15 is 0 Å². The molecule has 0 bridgehead atoms. The summed E-state index contributed by atoms with van der Waals surface area (Å²) in [5.74, 6) is -0.814. The number of halogens is 1. The van der Waals surface area contributed by atoms with Crippen molar-refractivity contribution >= 4 is 28.9 Å². The van der Waals surface area contributed by atoms with Crippen LogP contribution in [0.5, 0.6) is 0 Å². The molecule has 0 aliphatic carbocycles. The van der Waals surface area contributed by atoms with E-state index in [4.69, 9.17) is 16.3 Å². The van der Waals surface area contributed by atoms with Gasteiger partial charge >= 0.3 is 12.1 Å². The molecule has 21 heavy (non-hydrogen) atoms. The number of alkyl carbamates (subject to hydrolysis) is 1. The largest absolute Gasteiger partial charge is 0.467 e. The number of carbonyl (C=O) groups is 3. The van der Waals surface area contributed by atoms with Gasteiger partial charge in [0.15, 0.2) is 5.54 Å². The third kappa shape index (κ3) is 3.95. The van der Waals surface area contributed by atoms with Gasteiger partial charge in [0.25, 0.3) is 0 Å². The highest BCUT2D eigenvalue weighted by molar-refractivity contribution is 6.63. The molecule has 0 fully saturated rings. The average Bonchev–Trinajstić information content (AvgIpc) is 2.45. The van der Waals surface area contributed by atoms with Crippen LogP contribution in [0, 0.1) is 6.92 Å². The van der Waals surface area contributed by atoms with E-state index in [1.165, 1.54) is 0 Å². The predicted octanol–water partition coefficient (Wildman–Crippen LogP) is 1.87. The molecule has 0 aliphatic heterocycles. The van der Waals surface area contributed by atoms with Gasteiger partial charge in [-0.3, -0.25) is 4.79 Å². The van der Waals surface area contributed by atoms with Crippen LogP contribution in [0.15, 0.2) is 24.3 Å². The van der Waals surface area contributed by atoms with E-state index in [1.54, 1.807) is 24.3 Å². The topological polar surface area (TPSA) is 81.7 Å². The number of benzene rings is 1. The molecular formula is C14H16ClNO5. The Hall–Kier alpha value is -2.08. The minimum Gasteiger partial charge on any atom is -0.467 e. The molecule has 0 heterocycles. The third-order valence-electron chi connectivity index (χ3n) is 2.98. The summed E-state index contributed by atoms with van der Waals surface area (Å²) in [6.07, 6.45) is -1.33. The van der Waals surface area contributed by atoms with Crippen LogP contribution >= 0.6 is 11.6 Å². The van der Waals surface area contributed by atoms with Crippen LogP contribution in [0.4, 0.5) is 4.79 Å². The highest BCUT2D eigenvalue weighted by Gasteiger charge is 2.45. The number of nitrogens with one attached hydrogen (secondary N) is 1. The van der Waals surface area contributed by atoms with Gasteiger partial charge in [-0.05, 0) is 24.1 Å². The third-order valence-corrected chi connectivity index (χ3v) is 3.12. The molecule has 0 aromatic heterocycles. The van der Waals surface area contributed by atoms with Crippen molar-refractivity contribution in [1.29, 1.82) is 0 Å². The zero-order chi connectivity index (χ0) is 16.0. The second-order valence-corrected chi connectivity index (χ2v) is 4.83. The first-order valence-corrected chi connectivity index (χ1v) is 6.43. The molecule has 0 saturated heterocycles. The first kappa shape index (κ1) is 17.0. The van der Waals surface area contributed by atoms with Crippen molar-refractivity contribution in [1.82, 2.24) is 5.32 Å². The maximum absolute atomic E-state index is 12.2. The second-order valence-electron chi connectivity index (χ2n) is 4.41. The van der Waals surface area contributed by atoms with E-state index in [2.05, 4.69) is 10.1 Å². The van der Waals surface area contributed by atoms with E-state index in [9.17, 15) is 14.4 Å². The Labute approximate surface area is 127 Å². The number of amides is 1. The Bertz CT molecular complexity index is 543. The van der Waals surface area contributed by atoms with Crippen molar-refractivity contribution < 1.29 is 23.9 Å². The molecule has 1 N–H and O–H groups in total. The first-order chi connectivity index (χ1) is 9.85. The number of esters is 1. The van der Waals surface area contributed by atoms with Crippen molar-refractivity contribution in [2.45, 2.75) is 18.9 Å². The van der Waals surface area contributed by atoms with Gasteiger partial charge in [0, 0.05) is 0 Å². The second kappa shape index (κ2) is 7.08. The highest BCUT2D eigenvalue weighted by Crippen LogP contribution is 2.28. The fraction of sp³-hybridized carbons (Fsp3) is 0.357. The Morgan fingerprint density at radius 2 is 1.71 bits per heavy atom. The SMILES string of the molecule is COC(=O)N[C@](CC(=O)Cl)(C(=O)OC)c1ccc(C)cc1. The fourth-order valence-corrected chi connectivity index (χ4v) is 2.11. The van der Waals surface area contributed by atoms with Gasteiger partial charge in [0.2, 0.25) is 5.24 Å². The minimum atomic E-state index is -1.73. The molecule has 1 rings (SSSR count). The summed E-state index contributed by atoms with van der Waals surface area (Å²) in [5.41, 5.74) is -0.402. The van der Waals surface area contributed by atoms with Crippen molar-refractivity contribution in [3.63, 3.8) is 0 Å². The van der Waals surface area contributed by atoms with E-state index < -0.39 is 29.3 Å². The van der Waals surface area contributed by atoms with Crippen LogP contribution < -0.4 is 5.32 Å². The summed E-state index contributed by atoms with van der Waals surface area (Å²) < 4.78 is 9.24. The molecule has 7 heteroatoms. The molecule has 114 valence electrons. The van der Waals surface area contributed by atoms with E-state index in [-0.39, 0.29) is 0 Å². The molecule has 0 radical (unpaired) electrons. The molecule has 1 aromatic rings. The molecular weight excluding hydrogens is 298 g/mol. The summed E-state index contributed by atoms with van der Waals surface area (Å²) in [4.78, 5) is 35.1. The lowest BCUT2D eigenvalue weighted by molar-refractivity contribution is -0.150. The summed E-state index contributed by atoms with van der Waals surface area (Å²) >= 11 is 5.43. The average molecular weight is 314 g/mol. The highest BCUT2D eigenvalue weighted by atomic mass is 35.5. The minimum absolute atomic E-state index is 0.374. The molecule has 1 amide bonds. The molecule has 0 spiro atoms. The van der Waals surface area contributed by atoms with Crippen LogP contribution in [0.2, 0.25) is 0 Å². The molecule has 0 aliphatic rings. The van der Waals surface area contributed by atoms with Gasteiger partial charge in [-0.2, -0.15) is 0 Å². The van der Waals surface area contributed by atoms with Crippen molar-refractivity contribution in [2.75, 3.05) is 14.2 Å². The molecule has 1 aromatic carbocycles. The van der Waals surface area contributed by atoms with Crippen LogP contribution in [-0.4, -0.2) is 31.5 Å². The van der Waals surface area contributed by atoms with Crippen LogP contribution in [0.25, 0.3) is 0 Å². The fourth-order valence-electron chi connectivity index (χ4n) is 1.91. The van der Waals surface area contributed by atoms with Crippen LogP contribution in [0.3, 0.4) is 0 Å². The number of rotatable bonds is 5. The Kier molecular flexibility index (Phi) is 5.72. The molecule has 0 saturated carbocycles. The summed E-state index contributed by atoms with van der Waals surface area (Å²) in [6, 6.07) is 6.71. The van der Waals surface area contributed by atoms with Gasteiger partial charge in [0.05, 0.1) is 20.6 Å². The number of aryl methyl sites for hydroxylation is 1. The van der Waals surface area contributed by atoms with Crippen molar-refractivity contribution in [3.05, 3.63) is 35.4 Å². The number of ether oxygens (including phenoxy) is 2. The van der Waals surface area contributed by atoms with Gasteiger partial charge < -0.3 is 14.8 Å². The van der Waals surface area contributed by atoms with E-state index in [1.807, 2.05) is 6.92 Å². The van der Waals surface area contributed by atoms with Crippen molar-refractivity contribution in [3.8, 4) is 0 Å². The number of methoxy groups -OCH3 is 2. The zero-order valence-electron chi connectivity index (χ0n) is 11.9. The Balaban J connectivity index is 3.40. The standard InChI is InChI=1S/C14H16ClNO5/c1-9-4-6-10(7-5-9)14(8-11(15)17,12(18)20-2)16-13(19)21-3/h4-7H,8H2,1-3H3,(H,16,19)/t14-/m0/s1.